The zero-order valence-electron chi connectivity index (χ0n) is 17.9. The van der Waals surface area contributed by atoms with E-state index in [1.54, 1.807) is 0 Å². The van der Waals surface area contributed by atoms with E-state index in [2.05, 4.69) is 79.5 Å². The van der Waals surface area contributed by atoms with Crippen LogP contribution in [-0.2, 0) is 5.41 Å². The Balaban J connectivity index is 1.69. The third kappa shape index (κ3) is 2.98. The van der Waals surface area contributed by atoms with Crippen molar-refractivity contribution in [3.05, 3.63) is 77.6 Å². The lowest BCUT2D eigenvalue weighted by Gasteiger charge is -2.52. The second-order valence-electron chi connectivity index (χ2n) is 9.35. The first kappa shape index (κ1) is 19.1. The summed E-state index contributed by atoms with van der Waals surface area (Å²) in [7, 11) is 0. The Morgan fingerprint density at radius 1 is 1.10 bits per heavy atom. The fourth-order valence-electron chi connectivity index (χ4n) is 5.81. The first-order chi connectivity index (χ1) is 14.6. The summed E-state index contributed by atoms with van der Waals surface area (Å²) in [6.07, 6.45) is 18.7. The second-order valence-corrected chi connectivity index (χ2v) is 9.35. The number of rotatable bonds is 2. The number of hydrogen-bond donors (Lipinski definition) is 0. The number of nitriles is 1. The summed E-state index contributed by atoms with van der Waals surface area (Å²) in [6.45, 7) is 4.77. The van der Waals surface area contributed by atoms with Crippen molar-refractivity contribution in [3.8, 4) is 6.07 Å². The second kappa shape index (κ2) is 7.43. The summed E-state index contributed by atoms with van der Waals surface area (Å²) in [5.74, 6) is 0.428. The van der Waals surface area contributed by atoms with Crippen LogP contribution in [0.3, 0.4) is 0 Å². The van der Waals surface area contributed by atoms with Crippen LogP contribution in [0.2, 0.25) is 0 Å². The van der Waals surface area contributed by atoms with Crippen molar-refractivity contribution >= 4 is 11.4 Å². The molecule has 2 unspecified atom stereocenters. The van der Waals surface area contributed by atoms with E-state index in [1.807, 2.05) is 6.08 Å². The average Bonchev–Trinajstić information content (AvgIpc) is 2.80. The Morgan fingerprint density at radius 2 is 1.90 bits per heavy atom. The third-order valence-corrected chi connectivity index (χ3v) is 7.31. The molecule has 30 heavy (non-hydrogen) atoms. The summed E-state index contributed by atoms with van der Waals surface area (Å²) in [5, 5.41) is 9.39. The monoisotopic (exact) mass is 395 g/mol. The van der Waals surface area contributed by atoms with Gasteiger partial charge in [-0.1, -0.05) is 62.4 Å². The van der Waals surface area contributed by atoms with Crippen molar-refractivity contribution in [1.29, 1.82) is 5.26 Å². The first-order valence-electron chi connectivity index (χ1n) is 11.2. The molecule has 2 aliphatic carbocycles. The minimum Gasteiger partial charge on any atom is -0.337 e. The molecule has 0 N–H and O–H groups in total. The summed E-state index contributed by atoms with van der Waals surface area (Å²) < 4.78 is 0. The molecule has 0 saturated carbocycles. The van der Waals surface area contributed by atoms with E-state index in [9.17, 15) is 5.26 Å². The molecule has 0 spiro atoms. The SMILES string of the molecule is CC1(C)c2ccccc2N(C2=C(C3CC=CC(C#N)=N3)CCCC2)C2C=CC=C[C@H]21. The molecule has 0 saturated heterocycles. The number of allylic oxidation sites excluding steroid dienone is 4. The molecule has 3 heteroatoms. The smallest absolute Gasteiger partial charge is 0.135 e. The van der Waals surface area contributed by atoms with Crippen LogP contribution < -0.4 is 4.90 Å². The minimum absolute atomic E-state index is 0.0775. The average molecular weight is 396 g/mol. The van der Waals surface area contributed by atoms with Crippen LogP contribution >= 0.6 is 0 Å². The van der Waals surface area contributed by atoms with Gasteiger partial charge in [0.05, 0.1) is 12.1 Å². The van der Waals surface area contributed by atoms with Crippen LogP contribution in [0.1, 0.15) is 51.5 Å². The van der Waals surface area contributed by atoms with Gasteiger partial charge in [0.2, 0.25) is 0 Å². The van der Waals surface area contributed by atoms with Crippen LogP contribution in [0.25, 0.3) is 0 Å². The fourth-order valence-corrected chi connectivity index (χ4v) is 5.81. The van der Waals surface area contributed by atoms with Gasteiger partial charge in [0.1, 0.15) is 11.8 Å². The van der Waals surface area contributed by atoms with Gasteiger partial charge < -0.3 is 4.90 Å². The molecular weight excluding hydrogens is 366 g/mol. The standard InChI is InChI=1S/C27H29N3/c1-27(2)21-12-4-7-16-25(21)30(26-17-8-5-13-22(26)27)24-15-6-3-11-20(24)23-14-9-10-19(18-28)29-23/h4-5,7-10,12-13,16-17,21,23,25H,3,6,11,14-15H2,1-2H3/t21-,23?,25?/m1/s1. The number of nitrogens with zero attached hydrogens (tertiary/aromatic N) is 3. The van der Waals surface area contributed by atoms with Gasteiger partial charge in [0.25, 0.3) is 0 Å². The summed E-state index contributed by atoms with van der Waals surface area (Å²) >= 11 is 0. The molecule has 0 radical (unpaired) electrons. The molecule has 3 atom stereocenters. The number of dihydropyridines is 1. The molecule has 2 aliphatic heterocycles. The normalized spacial score (nSPS) is 29.2. The van der Waals surface area contributed by atoms with E-state index in [0.717, 1.165) is 19.3 Å². The van der Waals surface area contributed by atoms with Gasteiger partial charge in [-0.2, -0.15) is 5.26 Å². The van der Waals surface area contributed by atoms with Crippen LogP contribution in [0, 0.1) is 17.2 Å². The lowest BCUT2D eigenvalue weighted by molar-refractivity contribution is 0.324. The number of para-hydroxylation sites is 1. The number of fused-ring (bicyclic) bond motifs is 2. The molecule has 0 aromatic heterocycles. The van der Waals surface area contributed by atoms with E-state index >= 15 is 0 Å². The highest BCUT2D eigenvalue weighted by Crippen LogP contribution is 2.51. The van der Waals surface area contributed by atoms with Crippen molar-refractivity contribution in [1.82, 2.24) is 0 Å². The Hall–Kier alpha value is -2.86. The maximum Gasteiger partial charge on any atom is 0.135 e. The largest absolute Gasteiger partial charge is 0.337 e. The van der Waals surface area contributed by atoms with Gasteiger partial charge in [-0.3, -0.25) is 4.99 Å². The summed E-state index contributed by atoms with van der Waals surface area (Å²) in [4.78, 5) is 7.43. The molecule has 1 aromatic rings. The topological polar surface area (TPSA) is 39.4 Å². The Labute approximate surface area is 179 Å². The molecule has 4 aliphatic rings. The van der Waals surface area contributed by atoms with Crippen LogP contribution in [-0.4, -0.2) is 17.8 Å². The maximum absolute atomic E-state index is 9.39. The van der Waals surface area contributed by atoms with Gasteiger partial charge >= 0.3 is 0 Å². The van der Waals surface area contributed by atoms with Crippen LogP contribution in [0.4, 0.5) is 5.69 Å². The summed E-state index contributed by atoms with van der Waals surface area (Å²) in [5.41, 5.74) is 6.29. The summed E-state index contributed by atoms with van der Waals surface area (Å²) in [6, 6.07) is 11.6. The van der Waals surface area contributed by atoms with Gasteiger partial charge in [-0.15, -0.1) is 0 Å². The molecule has 0 fully saturated rings. The Morgan fingerprint density at radius 3 is 2.77 bits per heavy atom. The van der Waals surface area contributed by atoms with Crippen molar-refractivity contribution in [2.75, 3.05) is 4.90 Å². The van der Waals surface area contributed by atoms with Gasteiger partial charge in [0, 0.05) is 22.7 Å². The molecule has 5 rings (SSSR count). The molecule has 3 nitrogen and oxygen atoms in total. The third-order valence-electron chi connectivity index (χ3n) is 7.31. The maximum atomic E-state index is 9.39. The van der Waals surface area contributed by atoms with E-state index in [0.29, 0.717) is 17.7 Å². The number of anilines is 1. The lowest BCUT2D eigenvalue weighted by Crippen LogP contribution is -2.52. The molecule has 152 valence electrons. The first-order valence-corrected chi connectivity index (χ1v) is 11.2. The minimum atomic E-state index is 0.0775. The van der Waals surface area contributed by atoms with E-state index in [4.69, 9.17) is 4.99 Å². The van der Waals surface area contributed by atoms with Gasteiger partial charge in [-0.25, -0.2) is 0 Å². The van der Waals surface area contributed by atoms with E-state index < -0.39 is 0 Å². The van der Waals surface area contributed by atoms with E-state index in [1.165, 1.54) is 35.4 Å². The Bertz CT molecular complexity index is 1040. The zero-order chi connectivity index (χ0) is 20.7. The lowest BCUT2D eigenvalue weighted by atomic mass is 9.65. The van der Waals surface area contributed by atoms with Crippen molar-refractivity contribution in [2.24, 2.45) is 10.9 Å². The predicted octanol–water partition coefficient (Wildman–Crippen LogP) is 6.02. The highest BCUT2D eigenvalue weighted by Gasteiger charge is 2.46. The van der Waals surface area contributed by atoms with Crippen molar-refractivity contribution < 1.29 is 0 Å². The predicted molar refractivity (Wildman–Crippen MR) is 124 cm³/mol. The molecule has 0 amide bonds. The zero-order valence-corrected chi connectivity index (χ0v) is 17.9. The molecule has 2 heterocycles. The van der Waals surface area contributed by atoms with Crippen LogP contribution in [0.15, 0.2) is 77.0 Å². The van der Waals surface area contributed by atoms with E-state index in [-0.39, 0.29) is 11.5 Å². The molecular formula is C27H29N3. The molecule has 1 aromatic carbocycles. The van der Waals surface area contributed by atoms with Gasteiger partial charge in [0.15, 0.2) is 0 Å². The Kier molecular flexibility index (Phi) is 4.74. The fraction of sp³-hybridized carbons (Fsp3) is 0.407. The highest BCUT2D eigenvalue weighted by molar-refractivity contribution is 6.07. The number of benzene rings is 1. The van der Waals surface area contributed by atoms with Crippen LogP contribution in [0.5, 0.6) is 0 Å². The quantitative estimate of drug-likeness (QED) is 0.614. The van der Waals surface area contributed by atoms with Gasteiger partial charge in [-0.05, 0) is 55.4 Å². The molecule has 0 bridgehead atoms. The highest BCUT2D eigenvalue weighted by atomic mass is 15.2. The number of hydrogen-bond acceptors (Lipinski definition) is 3. The van der Waals surface area contributed by atoms with Crippen molar-refractivity contribution in [2.45, 2.75) is 63.5 Å². The van der Waals surface area contributed by atoms with Crippen molar-refractivity contribution in [3.63, 3.8) is 0 Å². The number of aliphatic imine (C=N–C) groups is 1.